The highest BCUT2D eigenvalue weighted by molar-refractivity contribution is 6.35. The standard InChI is InChI=1S/C38H40Cl2FN3O7/c1-49-32-10-7-26(16-33(32)50-2)29(17-28-30(39)20-44(48)21-31(28)40)38(37(46)47)13-3-4-23(18-38)19-42-35(25-5-8-27(41)9-6-25)36(45)51-34-22-43-14-11-24(34)12-15-43/h3-10,13,16,20-21,24,29,34-35,42H,11-12,14-15,17-19,22H2,1-2H3,(H,46,47)/t29-,34-,35?,38?/m0/s1. The van der Waals surface area contributed by atoms with Gasteiger partial charge in [-0.15, -0.1) is 0 Å². The minimum absolute atomic E-state index is 0.0549. The van der Waals surface area contributed by atoms with Crippen LogP contribution in [0, 0.1) is 22.4 Å². The Morgan fingerprint density at radius 3 is 2.33 bits per heavy atom. The summed E-state index contributed by atoms with van der Waals surface area (Å²) in [6, 6.07) is 9.97. The minimum atomic E-state index is -1.52. The number of ether oxygens (including phenoxy) is 3. The van der Waals surface area contributed by atoms with Crippen LogP contribution in [-0.4, -0.2) is 68.4 Å². The van der Waals surface area contributed by atoms with Crippen molar-refractivity contribution in [2.24, 2.45) is 11.3 Å². The van der Waals surface area contributed by atoms with Crippen LogP contribution in [0.4, 0.5) is 4.39 Å². The van der Waals surface area contributed by atoms with Gasteiger partial charge in [0, 0.05) is 24.6 Å². The molecule has 13 heteroatoms. The van der Waals surface area contributed by atoms with E-state index >= 15 is 0 Å². The molecule has 1 aromatic heterocycles. The van der Waals surface area contributed by atoms with Crippen molar-refractivity contribution in [3.63, 3.8) is 0 Å². The number of methoxy groups -OCH3 is 2. The molecular formula is C38H40Cl2FN3O7. The van der Waals surface area contributed by atoms with E-state index in [1.165, 1.54) is 38.7 Å². The van der Waals surface area contributed by atoms with E-state index in [1.807, 2.05) is 6.08 Å². The summed E-state index contributed by atoms with van der Waals surface area (Å²) in [4.78, 5) is 29.6. The van der Waals surface area contributed by atoms with Crippen LogP contribution in [0.15, 0.2) is 78.7 Å². The predicted molar refractivity (Wildman–Crippen MR) is 190 cm³/mol. The second-order valence-corrected chi connectivity index (χ2v) is 14.2. The van der Waals surface area contributed by atoms with Gasteiger partial charge in [0.05, 0.1) is 19.6 Å². The molecule has 3 saturated heterocycles. The van der Waals surface area contributed by atoms with E-state index in [-0.39, 0.29) is 35.5 Å². The molecule has 0 saturated carbocycles. The van der Waals surface area contributed by atoms with Gasteiger partial charge in [-0.05, 0) is 80.1 Å². The van der Waals surface area contributed by atoms with Gasteiger partial charge in [-0.2, -0.15) is 4.73 Å². The Morgan fingerprint density at radius 2 is 1.73 bits per heavy atom. The summed E-state index contributed by atoms with van der Waals surface area (Å²) in [6.07, 6.45) is 9.37. The zero-order chi connectivity index (χ0) is 36.3. The lowest BCUT2D eigenvalue weighted by Crippen LogP contribution is -2.52. The number of aliphatic carboxylic acids is 1. The van der Waals surface area contributed by atoms with Crippen LogP contribution in [0.2, 0.25) is 10.0 Å². The van der Waals surface area contributed by atoms with E-state index in [4.69, 9.17) is 37.4 Å². The molecule has 3 aromatic rings. The number of hydrogen-bond donors (Lipinski definition) is 2. The van der Waals surface area contributed by atoms with Gasteiger partial charge in [-0.3, -0.25) is 15.0 Å². The number of carboxylic acids is 1. The molecular weight excluding hydrogens is 700 g/mol. The number of hydrogen-bond acceptors (Lipinski definition) is 8. The molecule has 270 valence electrons. The monoisotopic (exact) mass is 739 g/mol. The molecule has 10 nitrogen and oxygen atoms in total. The molecule has 7 rings (SSSR count). The van der Waals surface area contributed by atoms with Crippen molar-refractivity contribution in [3.05, 3.63) is 116 Å². The lowest BCUT2D eigenvalue weighted by molar-refractivity contribution is -0.605. The number of piperidine rings is 3. The molecule has 4 heterocycles. The van der Waals surface area contributed by atoms with Crippen LogP contribution in [-0.2, 0) is 20.7 Å². The van der Waals surface area contributed by atoms with Crippen molar-refractivity contribution < 1.29 is 38.0 Å². The van der Waals surface area contributed by atoms with E-state index in [2.05, 4.69) is 10.2 Å². The lowest BCUT2D eigenvalue weighted by Gasteiger charge is -2.44. The van der Waals surface area contributed by atoms with Crippen LogP contribution in [0.25, 0.3) is 0 Å². The largest absolute Gasteiger partial charge is 0.619 e. The quantitative estimate of drug-likeness (QED) is 0.123. The fraction of sp³-hybridized carbons (Fsp3) is 0.395. The van der Waals surface area contributed by atoms with E-state index in [1.54, 1.807) is 42.5 Å². The first-order valence-electron chi connectivity index (χ1n) is 16.8. The maximum absolute atomic E-state index is 13.9. The van der Waals surface area contributed by atoms with Gasteiger partial charge in [0.15, 0.2) is 23.9 Å². The second-order valence-electron chi connectivity index (χ2n) is 13.3. The Morgan fingerprint density at radius 1 is 1.06 bits per heavy atom. The Kier molecular flexibility index (Phi) is 11.2. The van der Waals surface area contributed by atoms with Crippen molar-refractivity contribution in [3.8, 4) is 11.5 Å². The molecule has 4 aliphatic rings. The molecule has 1 aliphatic carbocycles. The summed E-state index contributed by atoms with van der Waals surface area (Å²) in [5, 5.41) is 26.6. The van der Waals surface area contributed by atoms with E-state index in [9.17, 15) is 24.3 Å². The summed E-state index contributed by atoms with van der Waals surface area (Å²) >= 11 is 13.1. The molecule has 2 N–H and O–H groups in total. The Bertz CT molecular complexity index is 1810. The number of nitrogens with one attached hydrogen (secondary N) is 1. The normalized spacial score (nSPS) is 23.6. The van der Waals surface area contributed by atoms with Gasteiger partial charge in [0.1, 0.15) is 28.0 Å². The molecule has 4 atom stereocenters. The predicted octanol–water partition coefficient (Wildman–Crippen LogP) is 6.04. The first-order chi connectivity index (χ1) is 24.5. The van der Waals surface area contributed by atoms with Crippen LogP contribution >= 0.6 is 23.2 Å². The molecule has 51 heavy (non-hydrogen) atoms. The first kappa shape index (κ1) is 36.6. The second kappa shape index (κ2) is 15.6. The Balaban J connectivity index is 1.30. The van der Waals surface area contributed by atoms with Crippen LogP contribution in [0.3, 0.4) is 0 Å². The third-order valence-corrected chi connectivity index (χ3v) is 11.0. The third kappa shape index (κ3) is 7.86. The SMILES string of the molecule is COc1ccc([C@H](Cc2c(Cl)c[n+]([O-])cc2Cl)C2(C(=O)O)C=CC=C(CNC(C(=O)O[C@H]3CN4CCC3CC4)c3ccc(F)cc3)C2)cc1OC. The van der Waals surface area contributed by atoms with Crippen LogP contribution in [0.5, 0.6) is 11.5 Å². The van der Waals surface area contributed by atoms with Crippen molar-refractivity contribution in [2.45, 2.75) is 43.7 Å². The minimum Gasteiger partial charge on any atom is -0.619 e. The maximum Gasteiger partial charge on any atom is 0.328 e. The number of pyridine rings is 1. The zero-order valence-corrected chi connectivity index (χ0v) is 29.8. The van der Waals surface area contributed by atoms with Crippen molar-refractivity contribution in [1.82, 2.24) is 10.2 Å². The number of benzene rings is 2. The molecule has 0 radical (unpaired) electrons. The third-order valence-electron chi connectivity index (χ3n) is 10.4. The van der Waals surface area contributed by atoms with Gasteiger partial charge in [-0.25, -0.2) is 9.18 Å². The number of rotatable bonds is 13. The average Bonchev–Trinajstić information content (AvgIpc) is 3.12. The van der Waals surface area contributed by atoms with Gasteiger partial charge in [0.25, 0.3) is 0 Å². The topological polar surface area (TPSA) is 124 Å². The summed E-state index contributed by atoms with van der Waals surface area (Å²) in [5.41, 5.74) is 0.746. The van der Waals surface area contributed by atoms with Crippen molar-refractivity contribution in [2.75, 3.05) is 40.4 Å². The Labute approximate surface area is 306 Å². The summed E-state index contributed by atoms with van der Waals surface area (Å²) in [6.45, 7) is 2.82. The highest BCUT2D eigenvalue weighted by atomic mass is 35.5. The van der Waals surface area contributed by atoms with Gasteiger partial charge >= 0.3 is 11.9 Å². The highest BCUT2D eigenvalue weighted by Crippen LogP contribution is 2.49. The van der Waals surface area contributed by atoms with Crippen molar-refractivity contribution in [1.29, 1.82) is 0 Å². The smallest absolute Gasteiger partial charge is 0.328 e. The number of aromatic nitrogens is 1. The number of allylic oxidation sites excluding steroid dienone is 2. The van der Waals surface area contributed by atoms with Crippen LogP contribution < -0.4 is 19.5 Å². The number of nitrogens with zero attached hydrogens (tertiary/aromatic N) is 2. The lowest BCUT2D eigenvalue weighted by atomic mass is 9.64. The summed E-state index contributed by atoms with van der Waals surface area (Å²) in [5.74, 6) is -1.58. The number of halogens is 3. The average molecular weight is 741 g/mol. The number of esters is 1. The highest BCUT2D eigenvalue weighted by Gasteiger charge is 2.47. The molecule has 0 amide bonds. The zero-order valence-electron chi connectivity index (χ0n) is 28.3. The molecule has 2 unspecified atom stereocenters. The summed E-state index contributed by atoms with van der Waals surface area (Å²) in [7, 11) is 3.00. The van der Waals surface area contributed by atoms with Gasteiger partial charge in [0.2, 0.25) is 0 Å². The van der Waals surface area contributed by atoms with Gasteiger partial charge in [-0.1, -0.05) is 65.2 Å². The molecule has 2 aromatic carbocycles. The van der Waals surface area contributed by atoms with E-state index < -0.39 is 35.1 Å². The maximum atomic E-state index is 13.9. The fourth-order valence-corrected chi connectivity index (χ4v) is 8.19. The molecule has 3 fully saturated rings. The van der Waals surface area contributed by atoms with E-state index in [0.29, 0.717) is 51.0 Å². The number of carbonyl (C=O) groups is 2. The first-order valence-corrected chi connectivity index (χ1v) is 17.6. The van der Waals surface area contributed by atoms with Gasteiger partial charge < -0.3 is 24.5 Å². The number of carboxylic acid groups (broad SMARTS) is 1. The fourth-order valence-electron chi connectivity index (χ4n) is 7.59. The molecule has 0 spiro atoms. The Hall–Kier alpha value is -4.16. The number of fused-ring (bicyclic) bond motifs is 3. The van der Waals surface area contributed by atoms with E-state index in [0.717, 1.165) is 25.9 Å². The molecule has 2 bridgehead atoms. The van der Waals surface area contributed by atoms with Crippen molar-refractivity contribution >= 4 is 35.1 Å². The number of carbonyl (C=O) groups excluding carboxylic acids is 1. The van der Waals surface area contributed by atoms with Crippen LogP contribution in [0.1, 0.15) is 47.9 Å². The molecule has 3 aliphatic heterocycles. The summed E-state index contributed by atoms with van der Waals surface area (Å²) < 4.78 is 31.5.